The summed E-state index contributed by atoms with van der Waals surface area (Å²) in [5, 5.41) is 9.22. The molecule has 18 heavy (non-hydrogen) atoms. The highest BCUT2D eigenvalue weighted by atomic mass is 16.1. The van der Waals surface area contributed by atoms with Crippen LogP contribution in [0.5, 0.6) is 0 Å². The lowest BCUT2D eigenvalue weighted by molar-refractivity contribution is -0.123. The summed E-state index contributed by atoms with van der Waals surface area (Å²) in [5.74, 6) is -0.628. The second-order valence-corrected chi connectivity index (χ2v) is 4.50. The Hall–Kier alpha value is -1.69. The van der Waals surface area contributed by atoms with Crippen molar-refractivity contribution in [2.75, 3.05) is 0 Å². The minimum absolute atomic E-state index is 0.00481. The van der Waals surface area contributed by atoms with E-state index in [0.29, 0.717) is 5.56 Å². The summed E-state index contributed by atoms with van der Waals surface area (Å²) in [4.78, 5) is 16.3. The van der Waals surface area contributed by atoms with Crippen LogP contribution in [0.1, 0.15) is 51.0 Å². The van der Waals surface area contributed by atoms with Gasteiger partial charge in [-0.2, -0.15) is 5.26 Å². The summed E-state index contributed by atoms with van der Waals surface area (Å²) >= 11 is 0. The van der Waals surface area contributed by atoms with Crippen molar-refractivity contribution in [3.63, 3.8) is 0 Å². The molecule has 0 N–H and O–H groups in total. The van der Waals surface area contributed by atoms with Gasteiger partial charge in [0.25, 0.3) is 0 Å². The summed E-state index contributed by atoms with van der Waals surface area (Å²) in [5.41, 5.74) is 0.708. The van der Waals surface area contributed by atoms with Gasteiger partial charge in [-0.1, -0.05) is 32.8 Å². The smallest absolute Gasteiger partial charge is 0.157 e. The number of hydrogen-bond acceptors (Lipinski definition) is 3. The zero-order valence-electron chi connectivity index (χ0n) is 11.1. The number of nitriles is 1. The third kappa shape index (κ3) is 3.66. The first kappa shape index (κ1) is 14.4. The Morgan fingerprint density at radius 1 is 1.50 bits per heavy atom. The van der Waals surface area contributed by atoms with Gasteiger partial charge in [-0.15, -0.1) is 0 Å². The number of carbonyl (C=O) groups is 1. The number of aromatic nitrogens is 1. The second-order valence-electron chi connectivity index (χ2n) is 4.50. The van der Waals surface area contributed by atoms with E-state index in [1.807, 2.05) is 6.92 Å². The van der Waals surface area contributed by atoms with Crippen molar-refractivity contribution in [1.29, 1.82) is 5.26 Å². The highest BCUT2D eigenvalue weighted by molar-refractivity contribution is 5.90. The average molecular weight is 244 g/mol. The van der Waals surface area contributed by atoms with Gasteiger partial charge in [-0.3, -0.25) is 9.78 Å². The highest BCUT2D eigenvalue weighted by Crippen LogP contribution is 2.24. The summed E-state index contributed by atoms with van der Waals surface area (Å²) in [6, 6.07) is 5.68. The van der Waals surface area contributed by atoms with Crippen LogP contribution in [0, 0.1) is 17.2 Å². The van der Waals surface area contributed by atoms with Crippen LogP contribution in [0.3, 0.4) is 0 Å². The van der Waals surface area contributed by atoms with Crippen LogP contribution in [0.15, 0.2) is 24.5 Å². The Morgan fingerprint density at radius 2 is 2.28 bits per heavy atom. The molecule has 0 spiro atoms. The van der Waals surface area contributed by atoms with Gasteiger partial charge >= 0.3 is 0 Å². The van der Waals surface area contributed by atoms with Crippen molar-refractivity contribution in [3.8, 4) is 6.07 Å². The normalized spacial score (nSPS) is 13.6. The van der Waals surface area contributed by atoms with Gasteiger partial charge in [0.1, 0.15) is 5.92 Å². The maximum atomic E-state index is 12.4. The first-order valence-corrected chi connectivity index (χ1v) is 6.57. The van der Waals surface area contributed by atoms with Crippen molar-refractivity contribution >= 4 is 5.78 Å². The number of Topliss-reactive ketones (excluding diaryl/α,β-unsaturated/α-hetero) is 1. The van der Waals surface area contributed by atoms with Crippen molar-refractivity contribution < 1.29 is 4.79 Å². The molecule has 0 aliphatic rings. The third-order valence-corrected chi connectivity index (χ3v) is 3.23. The van der Waals surface area contributed by atoms with Crippen molar-refractivity contribution in [2.45, 2.75) is 45.4 Å². The molecule has 0 saturated carbocycles. The molecular formula is C15H20N2O. The highest BCUT2D eigenvalue weighted by Gasteiger charge is 2.26. The molecule has 0 bridgehead atoms. The predicted molar refractivity (Wildman–Crippen MR) is 70.9 cm³/mol. The van der Waals surface area contributed by atoms with Crippen molar-refractivity contribution in [2.24, 2.45) is 5.92 Å². The topological polar surface area (TPSA) is 53.8 Å². The van der Waals surface area contributed by atoms with E-state index in [4.69, 9.17) is 0 Å². The van der Waals surface area contributed by atoms with E-state index < -0.39 is 5.92 Å². The largest absolute Gasteiger partial charge is 0.298 e. The lowest BCUT2D eigenvalue weighted by Crippen LogP contribution is -2.21. The van der Waals surface area contributed by atoms with Gasteiger partial charge in [0.2, 0.25) is 0 Å². The van der Waals surface area contributed by atoms with Crippen LogP contribution < -0.4 is 0 Å². The number of nitrogens with zero attached hydrogens (tertiary/aromatic N) is 2. The zero-order chi connectivity index (χ0) is 13.4. The molecule has 3 nitrogen and oxygen atoms in total. The molecule has 0 aromatic carbocycles. The van der Waals surface area contributed by atoms with Gasteiger partial charge in [0.15, 0.2) is 5.78 Å². The van der Waals surface area contributed by atoms with Crippen LogP contribution in [-0.4, -0.2) is 10.8 Å². The van der Waals surface area contributed by atoms with Crippen LogP contribution in [0.25, 0.3) is 0 Å². The molecular weight excluding hydrogens is 224 g/mol. The van der Waals surface area contributed by atoms with Gasteiger partial charge < -0.3 is 0 Å². The Labute approximate surface area is 109 Å². The fraction of sp³-hybridized carbons (Fsp3) is 0.533. The van der Waals surface area contributed by atoms with Gasteiger partial charge in [-0.05, 0) is 24.5 Å². The van der Waals surface area contributed by atoms with Crippen LogP contribution >= 0.6 is 0 Å². The zero-order valence-corrected chi connectivity index (χ0v) is 11.1. The van der Waals surface area contributed by atoms with Crippen LogP contribution in [0.2, 0.25) is 0 Å². The van der Waals surface area contributed by atoms with E-state index in [0.717, 1.165) is 25.7 Å². The van der Waals surface area contributed by atoms with E-state index >= 15 is 0 Å². The molecule has 0 radical (unpaired) electrons. The van der Waals surface area contributed by atoms with Crippen molar-refractivity contribution in [3.05, 3.63) is 30.1 Å². The maximum absolute atomic E-state index is 12.4. The lowest BCUT2D eigenvalue weighted by atomic mass is 9.85. The molecule has 3 heteroatoms. The Bertz CT molecular complexity index is 408. The second kappa shape index (κ2) is 7.60. The van der Waals surface area contributed by atoms with E-state index in [1.165, 1.54) is 0 Å². The molecule has 2 unspecified atom stereocenters. The minimum atomic E-state index is -0.666. The molecule has 0 fully saturated rings. The molecule has 1 aromatic heterocycles. The fourth-order valence-electron chi connectivity index (χ4n) is 2.08. The molecule has 96 valence electrons. The van der Waals surface area contributed by atoms with Gasteiger partial charge in [0, 0.05) is 18.3 Å². The number of hydrogen-bond donors (Lipinski definition) is 0. The monoisotopic (exact) mass is 244 g/mol. The molecule has 0 saturated heterocycles. The SMILES string of the molecule is CCCCC(CC)C(=O)C(C#N)c1cccnc1. The number of unbranched alkanes of at least 4 members (excludes halogenated alkanes) is 1. The first-order chi connectivity index (χ1) is 8.74. The Morgan fingerprint density at radius 3 is 2.78 bits per heavy atom. The fourth-order valence-corrected chi connectivity index (χ4v) is 2.08. The summed E-state index contributed by atoms with van der Waals surface area (Å²) < 4.78 is 0. The molecule has 0 aliphatic heterocycles. The molecule has 1 heterocycles. The van der Waals surface area contributed by atoms with E-state index in [2.05, 4.69) is 18.0 Å². The standard InChI is InChI=1S/C15H20N2O/c1-3-5-7-12(4-2)15(18)14(10-16)13-8-6-9-17-11-13/h6,8-9,11-12,14H,3-5,7H2,1-2H3. The van der Waals surface area contributed by atoms with Gasteiger partial charge in [-0.25, -0.2) is 0 Å². The minimum Gasteiger partial charge on any atom is -0.298 e. The lowest BCUT2D eigenvalue weighted by Gasteiger charge is -2.16. The molecule has 0 amide bonds. The van der Waals surface area contributed by atoms with E-state index in [1.54, 1.807) is 24.5 Å². The maximum Gasteiger partial charge on any atom is 0.157 e. The Kier molecular flexibility index (Phi) is 6.07. The average Bonchev–Trinajstić information content (AvgIpc) is 2.42. The number of pyridine rings is 1. The summed E-state index contributed by atoms with van der Waals surface area (Å²) in [6.07, 6.45) is 7.06. The van der Waals surface area contributed by atoms with E-state index in [9.17, 15) is 10.1 Å². The number of ketones is 1. The summed E-state index contributed by atoms with van der Waals surface area (Å²) in [7, 11) is 0. The predicted octanol–water partition coefficient (Wildman–Crippen LogP) is 3.47. The number of rotatable bonds is 7. The van der Waals surface area contributed by atoms with E-state index in [-0.39, 0.29) is 11.7 Å². The molecule has 1 aromatic rings. The molecule has 2 atom stereocenters. The van der Waals surface area contributed by atoms with Gasteiger partial charge in [0.05, 0.1) is 6.07 Å². The Balaban J connectivity index is 2.82. The van der Waals surface area contributed by atoms with Crippen LogP contribution in [-0.2, 0) is 4.79 Å². The molecule has 0 aliphatic carbocycles. The summed E-state index contributed by atoms with van der Waals surface area (Å²) in [6.45, 7) is 4.12. The third-order valence-electron chi connectivity index (χ3n) is 3.23. The van der Waals surface area contributed by atoms with Crippen LogP contribution in [0.4, 0.5) is 0 Å². The first-order valence-electron chi connectivity index (χ1n) is 6.57. The molecule has 1 rings (SSSR count). The van der Waals surface area contributed by atoms with Crippen molar-refractivity contribution in [1.82, 2.24) is 4.98 Å². The quantitative estimate of drug-likeness (QED) is 0.738. The number of carbonyl (C=O) groups excluding carboxylic acids is 1.